The lowest BCUT2D eigenvalue weighted by Crippen LogP contribution is -2.39. The van der Waals surface area contributed by atoms with Crippen molar-refractivity contribution >= 4 is 13.1 Å². The number of hydrogen-bond donors (Lipinski definition) is 4. The van der Waals surface area contributed by atoms with Gasteiger partial charge in [-0.25, -0.2) is 4.79 Å². The summed E-state index contributed by atoms with van der Waals surface area (Å²) in [5.41, 5.74) is 9.58. The first-order valence-electron chi connectivity index (χ1n) is 10.7. The maximum Gasteiger partial charge on any atom is 0.451 e. The van der Waals surface area contributed by atoms with E-state index in [0.717, 1.165) is 50.8 Å². The van der Waals surface area contributed by atoms with Crippen LogP contribution in [-0.4, -0.2) is 57.8 Å². The lowest BCUT2D eigenvalue weighted by Gasteiger charge is -2.40. The van der Waals surface area contributed by atoms with Crippen molar-refractivity contribution in [1.82, 2.24) is 9.88 Å². The SMILES string of the molecule is NC/C(CCCB(O)O)=C(\C(=O)O)C1CCN(C2CCCc3cccnc32)CC1. The fourth-order valence-electron chi connectivity index (χ4n) is 4.90. The van der Waals surface area contributed by atoms with Crippen LogP contribution < -0.4 is 5.73 Å². The van der Waals surface area contributed by atoms with Gasteiger partial charge in [0.2, 0.25) is 0 Å². The van der Waals surface area contributed by atoms with Gasteiger partial charge in [-0.05, 0) is 81.1 Å². The molecular weight excluding hydrogens is 369 g/mol. The smallest absolute Gasteiger partial charge is 0.451 e. The van der Waals surface area contributed by atoms with E-state index in [9.17, 15) is 9.90 Å². The van der Waals surface area contributed by atoms with E-state index in [4.69, 9.17) is 15.8 Å². The van der Waals surface area contributed by atoms with E-state index < -0.39 is 13.1 Å². The maximum absolute atomic E-state index is 12.0. The molecule has 8 heteroatoms. The average molecular weight is 401 g/mol. The van der Waals surface area contributed by atoms with E-state index in [0.29, 0.717) is 24.5 Å². The highest BCUT2D eigenvalue weighted by Crippen LogP contribution is 2.37. The molecule has 1 atom stereocenters. The van der Waals surface area contributed by atoms with E-state index >= 15 is 0 Å². The molecule has 1 saturated heterocycles. The zero-order chi connectivity index (χ0) is 20.8. The first-order valence-corrected chi connectivity index (χ1v) is 10.7. The molecule has 1 fully saturated rings. The number of carboxylic acid groups (broad SMARTS) is 1. The molecule has 2 aliphatic rings. The fourth-order valence-corrected chi connectivity index (χ4v) is 4.90. The Morgan fingerprint density at radius 2 is 2.03 bits per heavy atom. The number of rotatable bonds is 8. The van der Waals surface area contributed by atoms with Crippen molar-refractivity contribution < 1.29 is 19.9 Å². The van der Waals surface area contributed by atoms with Gasteiger partial charge in [-0.1, -0.05) is 12.5 Å². The number of aryl methyl sites for hydroxylation is 1. The number of fused-ring (bicyclic) bond motifs is 1. The largest absolute Gasteiger partial charge is 0.478 e. The summed E-state index contributed by atoms with van der Waals surface area (Å²) < 4.78 is 0. The molecule has 0 bridgehead atoms. The van der Waals surface area contributed by atoms with E-state index in [-0.39, 0.29) is 18.8 Å². The second-order valence-electron chi connectivity index (χ2n) is 8.17. The number of hydrogen-bond acceptors (Lipinski definition) is 6. The third kappa shape index (κ3) is 5.45. The van der Waals surface area contributed by atoms with Gasteiger partial charge in [0.1, 0.15) is 0 Å². The topological polar surface area (TPSA) is 120 Å². The molecule has 1 aliphatic carbocycles. The van der Waals surface area contributed by atoms with E-state index in [1.807, 2.05) is 12.3 Å². The van der Waals surface area contributed by atoms with Gasteiger partial charge in [0.05, 0.1) is 11.7 Å². The van der Waals surface area contributed by atoms with Crippen LogP contribution in [0.2, 0.25) is 6.32 Å². The molecular formula is C21H32BN3O4. The molecule has 3 rings (SSSR count). The summed E-state index contributed by atoms with van der Waals surface area (Å²) in [4.78, 5) is 19.1. The first-order chi connectivity index (χ1) is 14.0. The quantitative estimate of drug-likeness (QED) is 0.387. The van der Waals surface area contributed by atoms with Gasteiger partial charge >= 0.3 is 13.1 Å². The molecule has 0 amide bonds. The molecule has 0 radical (unpaired) electrons. The Morgan fingerprint density at radius 1 is 1.28 bits per heavy atom. The van der Waals surface area contributed by atoms with Crippen molar-refractivity contribution in [2.45, 2.75) is 57.3 Å². The van der Waals surface area contributed by atoms with Crippen LogP contribution in [0.25, 0.3) is 0 Å². The van der Waals surface area contributed by atoms with Crippen LogP contribution in [0, 0.1) is 5.92 Å². The normalized spacial score (nSPS) is 21.4. The molecule has 29 heavy (non-hydrogen) atoms. The molecule has 158 valence electrons. The minimum absolute atomic E-state index is 0.00635. The number of aliphatic carboxylic acids is 1. The molecule has 1 unspecified atom stereocenters. The van der Waals surface area contributed by atoms with Gasteiger partial charge in [0, 0.05) is 18.3 Å². The van der Waals surface area contributed by atoms with E-state index in [1.54, 1.807) is 0 Å². The Morgan fingerprint density at radius 3 is 2.69 bits per heavy atom. The number of pyridine rings is 1. The summed E-state index contributed by atoms with van der Waals surface area (Å²) in [7, 11) is -1.36. The van der Waals surface area contributed by atoms with Gasteiger partial charge in [0.25, 0.3) is 0 Å². The summed E-state index contributed by atoms with van der Waals surface area (Å²) in [6.45, 7) is 1.91. The van der Waals surface area contributed by atoms with E-state index in [2.05, 4.69) is 16.0 Å². The van der Waals surface area contributed by atoms with Gasteiger partial charge < -0.3 is 20.9 Å². The first kappa shape index (κ1) is 22.0. The highest BCUT2D eigenvalue weighted by molar-refractivity contribution is 6.40. The predicted octanol–water partition coefficient (Wildman–Crippen LogP) is 1.76. The van der Waals surface area contributed by atoms with Crippen LogP contribution >= 0.6 is 0 Å². The van der Waals surface area contributed by atoms with Gasteiger partial charge in [0.15, 0.2) is 0 Å². The monoisotopic (exact) mass is 401 g/mol. The molecule has 5 N–H and O–H groups in total. The lowest BCUT2D eigenvalue weighted by atomic mass is 9.80. The van der Waals surface area contributed by atoms with Crippen LogP contribution in [0.4, 0.5) is 0 Å². The Balaban J connectivity index is 1.68. The second-order valence-corrected chi connectivity index (χ2v) is 8.17. The number of likely N-dealkylation sites (tertiary alicyclic amines) is 1. The predicted molar refractivity (Wildman–Crippen MR) is 112 cm³/mol. The number of piperidine rings is 1. The number of carbonyl (C=O) groups is 1. The average Bonchev–Trinajstić information content (AvgIpc) is 2.72. The Kier molecular flexibility index (Phi) is 7.83. The van der Waals surface area contributed by atoms with Gasteiger partial charge in [-0.2, -0.15) is 0 Å². The lowest BCUT2D eigenvalue weighted by molar-refractivity contribution is -0.133. The van der Waals surface area contributed by atoms with Crippen LogP contribution in [-0.2, 0) is 11.2 Å². The third-order valence-electron chi connectivity index (χ3n) is 6.34. The highest BCUT2D eigenvalue weighted by atomic mass is 16.4. The van der Waals surface area contributed by atoms with Crippen molar-refractivity contribution in [1.29, 1.82) is 0 Å². The fraction of sp³-hybridized carbons (Fsp3) is 0.619. The van der Waals surface area contributed by atoms with Crippen molar-refractivity contribution in [3.63, 3.8) is 0 Å². The van der Waals surface area contributed by atoms with E-state index in [1.165, 1.54) is 11.3 Å². The summed E-state index contributed by atoms with van der Waals surface area (Å²) in [6, 6.07) is 4.50. The van der Waals surface area contributed by atoms with Crippen LogP contribution in [0.1, 0.15) is 55.8 Å². The third-order valence-corrected chi connectivity index (χ3v) is 6.34. The molecule has 2 heterocycles. The number of aromatic nitrogens is 1. The van der Waals surface area contributed by atoms with Crippen LogP contribution in [0.3, 0.4) is 0 Å². The van der Waals surface area contributed by atoms with Gasteiger partial charge in [-0.15, -0.1) is 0 Å². The number of nitrogens with zero attached hydrogens (tertiary/aromatic N) is 2. The Labute approximate surface area is 172 Å². The molecule has 0 spiro atoms. The second kappa shape index (κ2) is 10.3. The van der Waals surface area contributed by atoms with Crippen molar-refractivity contribution in [3.8, 4) is 0 Å². The molecule has 1 aromatic rings. The Hall–Kier alpha value is -1.74. The van der Waals surface area contributed by atoms with Crippen molar-refractivity contribution in [2.24, 2.45) is 11.7 Å². The van der Waals surface area contributed by atoms with Crippen LogP contribution in [0.15, 0.2) is 29.5 Å². The Bertz CT molecular complexity index is 732. The maximum atomic E-state index is 12.0. The number of nitrogens with two attached hydrogens (primary N) is 1. The molecule has 7 nitrogen and oxygen atoms in total. The molecule has 0 saturated carbocycles. The molecule has 1 aromatic heterocycles. The summed E-state index contributed by atoms with van der Waals surface area (Å²) >= 11 is 0. The summed E-state index contributed by atoms with van der Waals surface area (Å²) in [6.07, 6.45) is 8.06. The van der Waals surface area contributed by atoms with Crippen molar-refractivity contribution in [2.75, 3.05) is 19.6 Å². The zero-order valence-electron chi connectivity index (χ0n) is 17.0. The van der Waals surface area contributed by atoms with Crippen molar-refractivity contribution in [3.05, 3.63) is 40.7 Å². The van der Waals surface area contributed by atoms with Crippen LogP contribution in [0.5, 0.6) is 0 Å². The molecule has 0 aromatic carbocycles. The molecule has 1 aliphatic heterocycles. The number of carboxylic acids is 1. The summed E-state index contributed by atoms with van der Waals surface area (Å²) in [5, 5.41) is 27.9. The highest BCUT2D eigenvalue weighted by Gasteiger charge is 2.33. The minimum atomic E-state index is -1.36. The standard InChI is InChI=1S/C21H32BN3O4/c23-14-17(5-2-10-22(28)29)19(21(26)27)15-8-12-25(13-9-15)18-7-1-4-16-6-3-11-24-20(16)18/h3,6,11,15,18,28-29H,1-2,4-5,7-10,12-14,23H2,(H,26,27)/b19-17-. The van der Waals surface area contributed by atoms with Gasteiger partial charge in [-0.3, -0.25) is 9.88 Å². The summed E-state index contributed by atoms with van der Waals surface area (Å²) in [5.74, 6) is -0.897. The zero-order valence-corrected chi connectivity index (χ0v) is 17.0. The minimum Gasteiger partial charge on any atom is -0.478 e.